The Kier molecular flexibility index (Phi) is 3.54. The molecule has 4 rings (SSSR count). The molecule has 0 aliphatic carbocycles. The molecule has 7 nitrogen and oxygen atoms in total. The highest BCUT2D eigenvalue weighted by Crippen LogP contribution is 2.22. The molecular weight excluding hydrogens is 336 g/mol. The van der Waals surface area contributed by atoms with Crippen molar-refractivity contribution < 1.29 is 18.4 Å². The fourth-order valence-electron chi connectivity index (χ4n) is 2.65. The Morgan fingerprint density at radius 3 is 2.54 bits per heavy atom. The standard InChI is InChI=1S/C19H12N2O5/c20-17(23)10-4-3-5-11(8-10)21-18(24)15-9-13-16(22)12-6-1-2-7-14(12)25-19(13)26-15/h1-9H,(H2,20,23)(H,21,24). The average molecular weight is 348 g/mol. The third-order valence-corrected chi connectivity index (χ3v) is 3.91. The molecule has 2 amide bonds. The van der Waals surface area contributed by atoms with Crippen molar-refractivity contribution in [2.24, 2.45) is 5.73 Å². The summed E-state index contributed by atoms with van der Waals surface area (Å²) in [6, 6.07) is 14.3. The summed E-state index contributed by atoms with van der Waals surface area (Å²) in [6.07, 6.45) is 0. The van der Waals surface area contributed by atoms with E-state index in [1.807, 2.05) is 0 Å². The first-order chi connectivity index (χ1) is 12.5. The lowest BCUT2D eigenvalue weighted by atomic mass is 10.2. The minimum absolute atomic E-state index is 0.0234. The van der Waals surface area contributed by atoms with Crippen LogP contribution in [0.3, 0.4) is 0 Å². The second kappa shape index (κ2) is 5.89. The highest BCUT2D eigenvalue weighted by molar-refractivity contribution is 6.05. The molecule has 4 aromatic rings. The van der Waals surface area contributed by atoms with Gasteiger partial charge in [0.25, 0.3) is 5.91 Å². The van der Waals surface area contributed by atoms with Crippen molar-refractivity contribution in [3.05, 3.63) is 76.1 Å². The zero-order valence-corrected chi connectivity index (χ0v) is 13.3. The molecule has 3 N–H and O–H groups in total. The number of furan rings is 1. The predicted octanol–water partition coefficient (Wildman–Crippen LogP) is 2.89. The normalized spacial score (nSPS) is 10.9. The van der Waals surface area contributed by atoms with Gasteiger partial charge in [-0.2, -0.15) is 0 Å². The van der Waals surface area contributed by atoms with Crippen LogP contribution in [0.15, 0.2) is 68.2 Å². The summed E-state index contributed by atoms with van der Waals surface area (Å²) in [6.45, 7) is 0. The number of hydrogen-bond donors (Lipinski definition) is 2. The van der Waals surface area contributed by atoms with E-state index in [9.17, 15) is 14.4 Å². The summed E-state index contributed by atoms with van der Waals surface area (Å²) >= 11 is 0. The van der Waals surface area contributed by atoms with Crippen LogP contribution in [0.2, 0.25) is 0 Å². The molecule has 0 atom stereocenters. The van der Waals surface area contributed by atoms with E-state index < -0.39 is 11.8 Å². The number of rotatable bonds is 3. The second-order valence-corrected chi connectivity index (χ2v) is 5.64. The van der Waals surface area contributed by atoms with Crippen LogP contribution in [-0.4, -0.2) is 11.8 Å². The molecule has 26 heavy (non-hydrogen) atoms. The molecule has 0 bridgehead atoms. The molecule has 7 heteroatoms. The third kappa shape index (κ3) is 2.61. The van der Waals surface area contributed by atoms with Gasteiger partial charge in [-0.3, -0.25) is 14.4 Å². The molecule has 0 saturated heterocycles. The van der Waals surface area contributed by atoms with Crippen LogP contribution >= 0.6 is 0 Å². The highest BCUT2D eigenvalue weighted by atomic mass is 16.5. The van der Waals surface area contributed by atoms with Crippen molar-refractivity contribution in [1.82, 2.24) is 0 Å². The zero-order valence-electron chi connectivity index (χ0n) is 13.3. The van der Waals surface area contributed by atoms with E-state index in [0.29, 0.717) is 16.7 Å². The van der Waals surface area contributed by atoms with E-state index in [-0.39, 0.29) is 27.9 Å². The summed E-state index contributed by atoms with van der Waals surface area (Å²) in [7, 11) is 0. The van der Waals surface area contributed by atoms with Gasteiger partial charge >= 0.3 is 5.78 Å². The van der Waals surface area contributed by atoms with Gasteiger partial charge in [0.2, 0.25) is 11.3 Å². The minimum Gasteiger partial charge on any atom is -0.425 e. The first-order valence-corrected chi connectivity index (χ1v) is 7.69. The highest BCUT2D eigenvalue weighted by Gasteiger charge is 2.18. The zero-order chi connectivity index (χ0) is 18.3. The Bertz CT molecular complexity index is 1240. The van der Waals surface area contributed by atoms with Crippen molar-refractivity contribution in [3.8, 4) is 0 Å². The van der Waals surface area contributed by atoms with Crippen LogP contribution < -0.4 is 16.5 Å². The Morgan fingerprint density at radius 1 is 0.923 bits per heavy atom. The Hall–Kier alpha value is -3.87. The molecular formula is C19H12N2O5. The van der Waals surface area contributed by atoms with E-state index in [0.717, 1.165) is 0 Å². The minimum atomic E-state index is -0.605. The number of primary amides is 1. The first-order valence-electron chi connectivity index (χ1n) is 7.69. The van der Waals surface area contributed by atoms with Crippen LogP contribution in [0.4, 0.5) is 5.69 Å². The summed E-state index contributed by atoms with van der Waals surface area (Å²) < 4.78 is 10.9. The molecule has 0 radical (unpaired) electrons. The second-order valence-electron chi connectivity index (χ2n) is 5.64. The molecule has 0 unspecified atom stereocenters. The van der Waals surface area contributed by atoms with Gasteiger partial charge in [-0.1, -0.05) is 18.2 Å². The number of fused-ring (bicyclic) bond motifs is 2. The number of anilines is 1. The van der Waals surface area contributed by atoms with Crippen molar-refractivity contribution in [2.75, 3.05) is 5.32 Å². The largest absolute Gasteiger partial charge is 0.425 e. The van der Waals surface area contributed by atoms with E-state index in [1.54, 1.807) is 36.4 Å². The number of amides is 2. The van der Waals surface area contributed by atoms with Gasteiger partial charge in [-0.25, -0.2) is 0 Å². The van der Waals surface area contributed by atoms with Gasteiger partial charge in [-0.15, -0.1) is 0 Å². The fraction of sp³-hybridized carbons (Fsp3) is 0. The number of carbonyl (C=O) groups is 2. The number of nitrogens with two attached hydrogens (primary N) is 1. The lowest BCUT2D eigenvalue weighted by Crippen LogP contribution is -2.14. The number of benzene rings is 2. The lowest BCUT2D eigenvalue weighted by molar-refractivity contribution is 0.0988. The van der Waals surface area contributed by atoms with Gasteiger partial charge in [0.15, 0.2) is 5.76 Å². The van der Waals surface area contributed by atoms with Crippen LogP contribution in [0.25, 0.3) is 22.1 Å². The molecule has 2 aromatic carbocycles. The molecule has 0 aliphatic rings. The van der Waals surface area contributed by atoms with Crippen LogP contribution in [-0.2, 0) is 0 Å². The number of nitrogens with one attached hydrogen (secondary N) is 1. The maximum Gasteiger partial charge on any atom is 0.302 e. The van der Waals surface area contributed by atoms with E-state index in [2.05, 4.69) is 5.32 Å². The molecule has 128 valence electrons. The molecule has 0 aliphatic heterocycles. The molecule has 2 aromatic heterocycles. The van der Waals surface area contributed by atoms with Crippen LogP contribution in [0.5, 0.6) is 0 Å². The molecule has 0 spiro atoms. The maximum atomic E-state index is 12.5. The Balaban J connectivity index is 1.72. The summed E-state index contributed by atoms with van der Waals surface area (Å²) in [5, 5.41) is 3.18. The third-order valence-electron chi connectivity index (χ3n) is 3.91. The lowest BCUT2D eigenvalue weighted by Gasteiger charge is -2.04. The first kappa shape index (κ1) is 15.6. The quantitative estimate of drug-likeness (QED) is 0.590. The van der Waals surface area contributed by atoms with E-state index in [4.69, 9.17) is 14.6 Å². The van der Waals surface area contributed by atoms with E-state index >= 15 is 0 Å². The van der Waals surface area contributed by atoms with E-state index in [1.165, 1.54) is 18.2 Å². The van der Waals surface area contributed by atoms with Crippen molar-refractivity contribution >= 4 is 39.6 Å². The molecule has 2 heterocycles. The van der Waals surface area contributed by atoms with Gasteiger partial charge < -0.3 is 19.9 Å². The van der Waals surface area contributed by atoms with Gasteiger partial charge in [0, 0.05) is 17.3 Å². The monoisotopic (exact) mass is 348 g/mol. The predicted molar refractivity (Wildman–Crippen MR) is 95.2 cm³/mol. The summed E-state index contributed by atoms with van der Waals surface area (Å²) in [5.74, 6) is -1.29. The summed E-state index contributed by atoms with van der Waals surface area (Å²) in [4.78, 5) is 36.1. The smallest absolute Gasteiger partial charge is 0.302 e. The van der Waals surface area contributed by atoms with Gasteiger partial charge in [0.05, 0.1) is 5.39 Å². The Morgan fingerprint density at radius 2 is 1.73 bits per heavy atom. The summed E-state index contributed by atoms with van der Waals surface area (Å²) in [5.41, 5.74) is 5.95. The topological polar surface area (TPSA) is 116 Å². The average Bonchev–Trinajstić information content (AvgIpc) is 3.07. The van der Waals surface area contributed by atoms with Gasteiger partial charge in [-0.05, 0) is 30.3 Å². The van der Waals surface area contributed by atoms with Crippen molar-refractivity contribution in [3.63, 3.8) is 0 Å². The number of para-hydroxylation sites is 1. The van der Waals surface area contributed by atoms with Crippen LogP contribution in [0.1, 0.15) is 20.9 Å². The number of carbonyl (C=O) groups excluding carboxylic acids is 2. The van der Waals surface area contributed by atoms with Crippen molar-refractivity contribution in [1.29, 1.82) is 0 Å². The fourth-order valence-corrected chi connectivity index (χ4v) is 2.65. The van der Waals surface area contributed by atoms with Crippen molar-refractivity contribution in [2.45, 2.75) is 0 Å². The molecule has 0 saturated carbocycles. The van der Waals surface area contributed by atoms with Gasteiger partial charge in [0.1, 0.15) is 11.0 Å². The molecule has 0 fully saturated rings. The number of hydrogen-bond acceptors (Lipinski definition) is 5. The Labute approximate surface area is 146 Å². The SMILES string of the molecule is NC(=O)c1cccc(NC(=O)c2cc3c(=O)c4ccccc4oc3o2)c1. The maximum absolute atomic E-state index is 12.5. The van der Waals surface area contributed by atoms with Crippen LogP contribution in [0, 0.1) is 0 Å².